The van der Waals surface area contributed by atoms with Crippen LogP contribution < -0.4 is 0 Å². The highest BCUT2D eigenvalue weighted by Crippen LogP contribution is 2.82. The molecule has 26 bridgehead atoms. The maximum atomic E-state index is 1.64. The van der Waals surface area contributed by atoms with Gasteiger partial charge in [0.05, 0.1) is 0 Å². The molecule has 0 N–H and O–H groups in total. The molecule has 0 heterocycles. The average molecular weight is 1280 g/mol. The summed E-state index contributed by atoms with van der Waals surface area (Å²) < 4.78 is 0. The van der Waals surface area contributed by atoms with Crippen molar-refractivity contribution in [3.63, 3.8) is 0 Å². The first-order chi connectivity index (χ1) is 46.5. The summed E-state index contributed by atoms with van der Waals surface area (Å²) in [6, 6.07) is 0. The minimum Gasteiger partial charge on any atom is -0.0530 e. The predicted molar refractivity (Wildman–Crippen MR) is 391 cm³/mol. The topological polar surface area (TPSA) is 0 Å². The standard InChI is InChI=1S/C12H18.C12H22.C11H20.2C10H16.2C9H14.C8H12.C7H10.C6H8/c1-2-8-5-7(1)11-9-3-4-10(6-9)12(8)11;1-2-6-12-9-3-7-11(5-1)8-4-10-12;1-4-10-6-2-7-11(5-1)9-3-8-10;1-7-2-9-4-8(1)5-10(3-7)6-9;1-2-9-7-4-5-8(6-7)10(9)3-1;1-6-2-8-4-7(1)5-9(8)3-6;1-2-7-5-6(1)8-3-4-9(7)8;1-2-6-3-5(1)7-4-8(6)7;1-2-4-6-5(3-1)7(4)6;1-2-4-5-3(1)6(4)5/h7-12H,1-6H2;11-12H,1-10H2;10-11H,1-9H2;2*7-10H,1-6H2;2*6-9H,1-5H2;5-8H,1-4H2;4-7H,1-3H2;3-6H,1-2H2. The van der Waals surface area contributed by atoms with Gasteiger partial charge >= 0.3 is 0 Å². The van der Waals surface area contributed by atoms with Gasteiger partial charge in [0, 0.05) is 0 Å². The van der Waals surface area contributed by atoms with Gasteiger partial charge in [-0.3, -0.25) is 0 Å². The van der Waals surface area contributed by atoms with Gasteiger partial charge in [0.25, 0.3) is 0 Å². The molecule has 35 saturated carbocycles. The third-order valence-corrected chi connectivity index (χ3v) is 39.4. The Morgan fingerprint density at radius 3 is 0.553 bits per heavy atom. The van der Waals surface area contributed by atoms with E-state index in [1.165, 1.54) is 246 Å². The first-order valence-corrected chi connectivity index (χ1v) is 46.5. The molecule has 94 heavy (non-hydrogen) atoms. The van der Waals surface area contributed by atoms with Crippen LogP contribution in [0.25, 0.3) is 0 Å². The van der Waals surface area contributed by atoms with Crippen LogP contribution in [-0.2, 0) is 0 Å². The van der Waals surface area contributed by atoms with E-state index >= 15 is 0 Å². The first kappa shape index (κ1) is 63.7. The number of rotatable bonds is 0. The monoisotopic (exact) mass is 1280 g/mol. The molecule has 35 aliphatic rings. The van der Waals surface area contributed by atoms with Crippen molar-refractivity contribution in [2.75, 3.05) is 0 Å². The lowest BCUT2D eigenvalue weighted by Gasteiger charge is -2.49. The summed E-state index contributed by atoms with van der Waals surface area (Å²) in [5, 5.41) is 0. The molecular formula is C94H150. The highest BCUT2D eigenvalue weighted by molar-refractivity contribution is 5.24. The molecule has 0 heteroatoms. The minimum atomic E-state index is 1.11. The smallest absolute Gasteiger partial charge is 0.0318 e. The molecule has 0 nitrogen and oxygen atoms in total. The van der Waals surface area contributed by atoms with E-state index in [0.717, 1.165) is 23.7 Å². The Morgan fingerprint density at radius 2 is 0.309 bits per heavy atom. The Morgan fingerprint density at radius 1 is 0.0957 bits per heavy atom. The van der Waals surface area contributed by atoms with E-state index < -0.39 is 0 Å². The SMILES string of the molecule is C1C2CC3CC1CC(C2)C3.C1C2CC3CC1CC3C2.C1CC2C3C(C1)C23.C1CC2C3C1C23.C1CC2C3CCC(C3)C2C1.C1CC2CC1C1C3CCC(C3)C21.C1CC2CC1C1CC21.C1CC2CC1C1CCC21.C1CC2CCCC(C1)CCC2.C1CCC2CCCC(C1)CCC2. The van der Waals surface area contributed by atoms with Crippen LogP contribution in [0.2, 0.25) is 0 Å². The van der Waals surface area contributed by atoms with Gasteiger partial charge < -0.3 is 0 Å². The van der Waals surface area contributed by atoms with Crippen molar-refractivity contribution in [3.8, 4) is 0 Å². The molecule has 526 valence electrons. The van der Waals surface area contributed by atoms with Crippen LogP contribution in [0.4, 0.5) is 0 Å². The normalized spacial score (nSPS) is 58.0. The molecule has 35 fully saturated rings. The van der Waals surface area contributed by atoms with Crippen LogP contribution in [0.3, 0.4) is 0 Å². The summed E-state index contributed by atoms with van der Waals surface area (Å²) in [6.07, 6.45) is 88.6. The second-order valence-electron chi connectivity index (χ2n) is 43.7. The van der Waals surface area contributed by atoms with Crippen molar-refractivity contribution in [2.45, 2.75) is 360 Å². The number of hydrogen-bond donors (Lipinski definition) is 0. The zero-order valence-corrected chi connectivity index (χ0v) is 61.5. The highest BCUT2D eigenvalue weighted by atomic mass is 14.8. The maximum absolute atomic E-state index is 1.64. The fraction of sp³-hybridized carbons (Fsp3) is 1.00. The first-order valence-electron chi connectivity index (χ1n) is 46.5. The van der Waals surface area contributed by atoms with Gasteiger partial charge in [0.2, 0.25) is 0 Å². The van der Waals surface area contributed by atoms with Gasteiger partial charge in [-0.25, -0.2) is 0 Å². The molecule has 0 aromatic heterocycles. The van der Waals surface area contributed by atoms with Gasteiger partial charge in [0.15, 0.2) is 0 Å². The van der Waals surface area contributed by atoms with Gasteiger partial charge in [-0.05, 0) is 450 Å². The molecular weight excluding hydrogens is 1130 g/mol. The van der Waals surface area contributed by atoms with Gasteiger partial charge in [-0.15, -0.1) is 0 Å². The van der Waals surface area contributed by atoms with Crippen LogP contribution in [0, 0.1) is 225 Å². The summed E-state index contributed by atoms with van der Waals surface area (Å²) >= 11 is 0. The molecule has 0 spiro atoms. The van der Waals surface area contributed by atoms with Crippen LogP contribution in [0.15, 0.2) is 0 Å². The van der Waals surface area contributed by atoms with E-state index in [0.29, 0.717) is 0 Å². The van der Waals surface area contributed by atoms with Crippen LogP contribution in [0.5, 0.6) is 0 Å². The zero-order chi connectivity index (χ0) is 61.5. The fourth-order valence-electron chi connectivity index (χ4n) is 35.2. The summed E-state index contributed by atoms with van der Waals surface area (Å²) in [6.45, 7) is 0. The van der Waals surface area contributed by atoms with E-state index in [1.54, 1.807) is 315 Å². The summed E-state index contributed by atoms with van der Waals surface area (Å²) in [5.41, 5.74) is 0. The summed E-state index contributed by atoms with van der Waals surface area (Å²) in [4.78, 5) is 0. The Labute approximate surface area is 581 Å². The quantitative estimate of drug-likeness (QED) is 0.212. The van der Waals surface area contributed by atoms with E-state index in [2.05, 4.69) is 0 Å². The summed E-state index contributed by atoms with van der Waals surface area (Å²) in [5.74, 6) is 46.1. The molecule has 0 aromatic rings. The molecule has 0 radical (unpaired) electrons. The fourth-order valence-corrected chi connectivity index (χ4v) is 35.2. The lowest BCUT2D eigenvalue weighted by Crippen LogP contribution is -2.38. The highest BCUT2D eigenvalue weighted by Gasteiger charge is 2.76. The van der Waals surface area contributed by atoms with Crippen molar-refractivity contribution < 1.29 is 0 Å². The lowest BCUT2D eigenvalue weighted by atomic mass is 9.56. The molecule has 0 saturated heterocycles. The zero-order valence-electron chi connectivity index (χ0n) is 61.5. The Hall–Kier alpha value is 0. The second-order valence-corrected chi connectivity index (χ2v) is 43.7. The van der Waals surface area contributed by atoms with Crippen molar-refractivity contribution in [1.82, 2.24) is 0 Å². The number of fused-ring (bicyclic) bond motifs is 40. The van der Waals surface area contributed by atoms with E-state index in [1.807, 2.05) is 0 Å². The van der Waals surface area contributed by atoms with Gasteiger partial charge in [0.1, 0.15) is 0 Å². The average Bonchev–Trinajstić information content (AvgIpc) is 1.48. The van der Waals surface area contributed by atoms with Crippen molar-refractivity contribution in [3.05, 3.63) is 0 Å². The molecule has 16 unspecified atom stereocenters. The Kier molecular flexibility index (Phi) is 18.4. The van der Waals surface area contributed by atoms with Crippen LogP contribution in [-0.4, -0.2) is 0 Å². The largest absolute Gasteiger partial charge is 0.0530 e. The Bertz CT molecular complexity index is 2190. The van der Waals surface area contributed by atoms with Gasteiger partial charge in [-0.1, -0.05) is 135 Å². The van der Waals surface area contributed by atoms with Crippen molar-refractivity contribution in [1.29, 1.82) is 0 Å². The van der Waals surface area contributed by atoms with E-state index in [-0.39, 0.29) is 0 Å². The minimum absolute atomic E-state index is 1.11. The van der Waals surface area contributed by atoms with E-state index in [9.17, 15) is 0 Å². The Balaban J connectivity index is 0.0000000722. The molecule has 0 aromatic carbocycles. The van der Waals surface area contributed by atoms with E-state index in [4.69, 9.17) is 0 Å². The molecule has 35 rings (SSSR count). The molecule has 16 atom stereocenters. The third-order valence-electron chi connectivity index (χ3n) is 39.4. The molecule has 0 aliphatic heterocycles. The van der Waals surface area contributed by atoms with Crippen molar-refractivity contribution >= 4 is 0 Å². The number of hydrogen-bond acceptors (Lipinski definition) is 0. The van der Waals surface area contributed by atoms with Crippen LogP contribution >= 0.6 is 0 Å². The maximum Gasteiger partial charge on any atom is -0.0318 e. The molecule has 0 amide bonds. The second kappa shape index (κ2) is 27.2. The third kappa shape index (κ3) is 13.0. The van der Waals surface area contributed by atoms with Crippen molar-refractivity contribution in [2.24, 2.45) is 225 Å². The van der Waals surface area contributed by atoms with Gasteiger partial charge in [-0.2, -0.15) is 0 Å². The van der Waals surface area contributed by atoms with Crippen LogP contribution in [0.1, 0.15) is 360 Å². The lowest BCUT2D eigenvalue weighted by molar-refractivity contribution is 0.0198. The predicted octanol–water partition coefficient (Wildman–Crippen LogP) is 26.5. The molecule has 35 aliphatic carbocycles. The summed E-state index contributed by atoms with van der Waals surface area (Å²) in [7, 11) is 0.